The van der Waals surface area contributed by atoms with Gasteiger partial charge in [0.05, 0.1) is 6.04 Å². The van der Waals surface area contributed by atoms with Crippen LogP contribution in [0.1, 0.15) is 6.42 Å². The average Bonchev–Trinajstić information content (AvgIpc) is 1.31. The molecule has 35 valence electrons. The van der Waals surface area contributed by atoms with Crippen molar-refractivity contribution >= 4 is 0 Å². The molecule has 0 aromatic carbocycles. The Morgan fingerprint density at radius 3 is 2.50 bits per heavy atom. The maximum Gasteiger partial charge on any atom is 0.106 e. The van der Waals surface area contributed by atoms with E-state index in [1.165, 1.54) is 0 Å². The summed E-state index contributed by atoms with van der Waals surface area (Å²) in [5.74, 6) is 0. The third kappa shape index (κ3) is 0.522. The zero-order valence-electron chi connectivity index (χ0n) is 3.52. The minimum atomic E-state index is -0.250. The third-order valence-corrected chi connectivity index (χ3v) is 1.03. The summed E-state index contributed by atoms with van der Waals surface area (Å²) in [7, 11) is 0. The predicted molar refractivity (Wildman–Crippen MR) is 21.4 cm³/mol. The van der Waals surface area contributed by atoms with Gasteiger partial charge in [-0.1, -0.05) is 0 Å². The first kappa shape index (κ1) is 4.06. The van der Waals surface area contributed by atoms with Gasteiger partial charge in [-0.3, -0.25) is 0 Å². The Bertz CT molecular complexity index is 40.1. The van der Waals surface area contributed by atoms with Crippen molar-refractivity contribution in [3.05, 3.63) is 0 Å². The summed E-state index contributed by atoms with van der Waals surface area (Å²) in [6.45, 7) is 0.634. The fraction of sp³-hybridized carbons (Fsp3) is 1.00. The van der Waals surface area contributed by atoms with Crippen LogP contribution in [0.5, 0.6) is 0 Å². The quantitative estimate of drug-likeness (QED) is 0.438. The first-order valence-corrected chi connectivity index (χ1v) is 2.16. The van der Waals surface area contributed by atoms with Gasteiger partial charge >= 0.3 is 0 Å². The topological polar surface area (TPSA) is 14.1 Å². The van der Waals surface area contributed by atoms with E-state index in [9.17, 15) is 4.39 Å². The Hall–Kier alpha value is -0.110. The van der Waals surface area contributed by atoms with Crippen LogP contribution in [-0.4, -0.2) is 19.3 Å². The largest absolute Gasteiger partial charge is 0.249 e. The van der Waals surface area contributed by atoms with Crippen molar-refractivity contribution in [1.82, 2.24) is 5.32 Å². The Morgan fingerprint density at radius 1 is 1.83 bits per heavy atom. The monoisotopic (exact) mass is 88.1 g/mol. The average molecular weight is 88.1 g/mol. The Morgan fingerprint density at radius 2 is 2.50 bits per heavy atom. The molecule has 1 radical (unpaired) electrons. The first-order chi connectivity index (χ1) is 2.93. The highest BCUT2D eigenvalue weighted by Crippen LogP contribution is 2.02. The van der Waals surface area contributed by atoms with Crippen LogP contribution in [0.15, 0.2) is 0 Å². The molecule has 6 heavy (non-hydrogen) atoms. The lowest BCUT2D eigenvalue weighted by atomic mass is 10.1. The molecule has 0 amide bonds. The van der Waals surface area contributed by atoms with Crippen molar-refractivity contribution in [3.63, 3.8) is 0 Å². The molecule has 0 bridgehead atoms. The van der Waals surface area contributed by atoms with Gasteiger partial charge in [-0.05, 0) is 6.42 Å². The summed E-state index contributed by atoms with van der Waals surface area (Å²) in [5.41, 5.74) is 0. The van der Waals surface area contributed by atoms with Crippen LogP contribution in [0.2, 0.25) is 0 Å². The van der Waals surface area contributed by atoms with Crippen LogP contribution in [0, 0.1) is 0 Å². The van der Waals surface area contributed by atoms with Gasteiger partial charge in [0.15, 0.2) is 0 Å². The fourth-order valence-electron chi connectivity index (χ4n) is 0.438. The Balaban J connectivity index is 2.01. The lowest BCUT2D eigenvalue weighted by molar-refractivity contribution is 0.284. The molecule has 1 aliphatic rings. The zero-order valence-corrected chi connectivity index (χ0v) is 3.52. The second-order valence-electron chi connectivity index (χ2n) is 1.50. The second kappa shape index (κ2) is 1.56. The number of rotatable bonds is 1. The van der Waals surface area contributed by atoms with Crippen LogP contribution >= 0.6 is 0 Å². The van der Waals surface area contributed by atoms with Crippen molar-refractivity contribution in [2.75, 3.05) is 13.2 Å². The molecule has 0 aromatic rings. The van der Waals surface area contributed by atoms with E-state index in [1.54, 1.807) is 0 Å². The predicted octanol–water partition coefficient (Wildman–Crippen LogP) is 0.333. The van der Waals surface area contributed by atoms with Crippen LogP contribution in [0.4, 0.5) is 4.39 Å². The molecule has 1 rings (SSSR count). The molecular formula is C4H7FN. The molecular weight excluding hydrogens is 81.0 g/mol. The van der Waals surface area contributed by atoms with Crippen molar-refractivity contribution in [2.45, 2.75) is 12.5 Å². The van der Waals surface area contributed by atoms with Crippen molar-refractivity contribution in [2.24, 2.45) is 0 Å². The summed E-state index contributed by atoms with van der Waals surface area (Å²) >= 11 is 0. The van der Waals surface area contributed by atoms with E-state index in [1.807, 2.05) is 0 Å². The van der Waals surface area contributed by atoms with Gasteiger partial charge in [0.25, 0.3) is 0 Å². The fourth-order valence-corrected chi connectivity index (χ4v) is 0.438. The Labute approximate surface area is 36.5 Å². The van der Waals surface area contributed by atoms with E-state index in [-0.39, 0.29) is 12.7 Å². The van der Waals surface area contributed by atoms with E-state index in [0.29, 0.717) is 0 Å². The standard InChI is InChI=1S/C4H7FN/c5-3-4-1-2-6-4/h4H,1-3H2. The van der Waals surface area contributed by atoms with Crippen molar-refractivity contribution in [3.8, 4) is 0 Å². The maximum absolute atomic E-state index is 11.3. The van der Waals surface area contributed by atoms with Crippen molar-refractivity contribution < 1.29 is 4.39 Å². The number of alkyl halides is 1. The number of nitrogens with zero attached hydrogens (tertiary/aromatic N) is 1. The normalized spacial score (nSPS) is 32.5. The highest BCUT2D eigenvalue weighted by Gasteiger charge is 2.16. The van der Waals surface area contributed by atoms with Gasteiger partial charge in [0, 0.05) is 6.54 Å². The zero-order chi connectivity index (χ0) is 4.41. The second-order valence-corrected chi connectivity index (χ2v) is 1.50. The molecule has 1 atom stereocenters. The van der Waals surface area contributed by atoms with Gasteiger partial charge < -0.3 is 0 Å². The van der Waals surface area contributed by atoms with Gasteiger partial charge in [-0.25, -0.2) is 9.71 Å². The Kier molecular flexibility index (Phi) is 1.05. The summed E-state index contributed by atoms with van der Waals surface area (Å²) in [6.07, 6.45) is 0.969. The SMILES string of the molecule is FCC1CC[N]1. The van der Waals surface area contributed by atoms with Crippen LogP contribution in [-0.2, 0) is 0 Å². The van der Waals surface area contributed by atoms with E-state index in [2.05, 4.69) is 5.32 Å². The van der Waals surface area contributed by atoms with Gasteiger partial charge in [0.1, 0.15) is 6.67 Å². The summed E-state index contributed by atoms with van der Waals surface area (Å²) in [6, 6.07) is 0.0741. The minimum Gasteiger partial charge on any atom is -0.249 e. The smallest absolute Gasteiger partial charge is 0.106 e. The highest BCUT2D eigenvalue weighted by atomic mass is 19.1. The van der Waals surface area contributed by atoms with E-state index in [0.717, 1.165) is 13.0 Å². The molecule has 2 heteroatoms. The lowest BCUT2D eigenvalue weighted by Crippen LogP contribution is -2.37. The maximum atomic E-state index is 11.3. The molecule has 0 aromatic heterocycles. The molecule has 0 saturated carbocycles. The van der Waals surface area contributed by atoms with Gasteiger partial charge in [-0.2, -0.15) is 0 Å². The number of hydrogen-bond acceptors (Lipinski definition) is 0. The van der Waals surface area contributed by atoms with E-state index in [4.69, 9.17) is 0 Å². The molecule has 1 nitrogen and oxygen atoms in total. The van der Waals surface area contributed by atoms with E-state index < -0.39 is 0 Å². The molecule has 0 spiro atoms. The molecule has 1 fully saturated rings. The van der Waals surface area contributed by atoms with Gasteiger partial charge in [-0.15, -0.1) is 0 Å². The van der Waals surface area contributed by atoms with Gasteiger partial charge in [0.2, 0.25) is 0 Å². The van der Waals surface area contributed by atoms with Crippen LogP contribution in [0.3, 0.4) is 0 Å². The summed E-state index contributed by atoms with van der Waals surface area (Å²) in [5, 5.41) is 3.81. The minimum absolute atomic E-state index is 0.0741. The number of hydrogen-bond donors (Lipinski definition) is 0. The van der Waals surface area contributed by atoms with Crippen molar-refractivity contribution in [1.29, 1.82) is 0 Å². The van der Waals surface area contributed by atoms with Crippen LogP contribution in [0.25, 0.3) is 0 Å². The molecule has 0 N–H and O–H groups in total. The first-order valence-electron chi connectivity index (χ1n) is 2.16. The summed E-state index contributed by atoms with van der Waals surface area (Å²) in [4.78, 5) is 0. The van der Waals surface area contributed by atoms with Crippen LogP contribution < -0.4 is 5.32 Å². The molecule has 1 aliphatic heterocycles. The third-order valence-electron chi connectivity index (χ3n) is 1.03. The molecule has 1 heterocycles. The molecule has 0 aliphatic carbocycles. The molecule has 1 saturated heterocycles. The lowest BCUT2D eigenvalue weighted by Gasteiger charge is -2.20. The number of halogens is 1. The highest BCUT2D eigenvalue weighted by molar-refractivity contribution is 4.74. The summed E-state index contributed by atoms with van der Waals surface area (Å²) < 4.78 is 11.3. The molecule has 1 unspecified atom stereocenters. The van der Waals surface area contributed by atoms with E-state index >= 15 is 0 Å².